The fraction of sp³-hybridized carbons (Fsp3) is 0.667. The van der Waals surface area contributed by atoms with Crippen LogP contribution in [0.5, 0.6) is 0 Å². The Balaban J connectivity index is 1.89. The maximum Gasteiger partial charge on any atom is 0.128 e. The molecule has 0 aromatic carbocycles. The number of hydrogen-bond donors (Lipinski definition) is 0. The number of hydrogen-bond acceptors (Lipinski definition) is 2. The van der Waals surface area contributed by atoms with E-state index in [4.69, 9.17) is 0 Å². The topological polar surface area (TPSA) is 17.8 Å². The van der Waals surface area contributed by atoms with Crippen molar-refractivity contribution in [2.75, 3.05) is 11.5 Å². The van der Waals surface area contributed by atoms with Gasteiger partial charge in [0.15, 0.2) is 0 Å². The SMILES string of the molecule is Brc1ccn(CC2CCSCC2)n1. The second-order valence-electron chi connectivity index (χ2n) is 3.42. The van der Waals surface area contributed by atoms with Gasteiger partial charge in [-0.2, -0.15) is 16.9 Å². The van der Waals surface area contributed by atoms with E-state index in [1.54, 1.807) is 0 Å². The summed E-state index contributed by atoms with van der Waals surface area (Å²) in [7, 11) is 0. The van der Waals surface area contributed by atoms with Gasteiger partial charge in [-0.05, 0) is 52.3 Å². The highest BCUT2D eigenvalue weighted by Crippen LogP contribution is 2.23. The largest absolute Gasteiger partial charge is 0.271 e. The highest BCUT2D eigenvalue weighted by atomic mass is 79.9. The lowest BCUT2D eigenvalue weighted by Crippen LogP contribution is -2.16. The van der Waals surface area contributed by atoms with Crippen molar-refractivity contribution in [2.24, 2.45) is 5.92 Å². The second kappa shape index (κ2) is 4.51. The number of thioether (sulfide) groups is 1. The molecule has 0 spiro atoms. The molecular formula is C9H13BrN2S. The quantitative estimate of drug-likeness (QED) is 0.814. The lowest BCUT2D eigenvalue weighted by atomic mass is 10.0. The molecule has 0 amide bonds. The number of halogens is 1. The molecule has 1 aliphatic rings. The maximum absolute atomic E-state index is 4.33. The van der Waals surface area contributed by atoms with Crippen molar-refractivity contribution in [1.29, 1.82) is 0 Å². The molecule has 0 unspecified atom stereocenters. The van der Waals surface area contributed by atoms with Gasteiger partial charge in [-0.1, -0.05) is 0 Å². The van der Waals surface area contributed by atoms with E-state index in [0.717, 1.165) is 17.1 Å². The van der Waals surface area contributed by atoms with E-state index in [1.165, 1.54) is 24.3 Å². The first-order valence-corrected chi connectivity index (χ1v) is 6.56. The van der Waals surface area contributed by atoms with E-state index in [0.29, 0.717) is 0 Å². The summed E-state index contributed by atoms with van der Waals surface area (Å²) in [6.45, 7) is 1.09. The van der Waals surface area contributed by atoms with Crippen molar-refractivity contribution < 1.29 is 0 Å². The van der Waals surface area contributed by atoms with Crippen molar-refractivity contribution in [1.82, 2.24) is 9.78 Å². The lowest BCUT2D eigenvalue weighted by molar-refractivity contribution is 0.394. The number of nitrogens with zero attached hydrogens (tertiary/aromatic N) is 2. The molecule has 0 N–H and O–H groups in total. The first-order valence-electron chi connectivity index (χ1n) is 4.61. The summed E-state index contributed by atoms with van der Waals surface area (Å²) < 4.78 is 2.99. The van der Waals surface area contributed by atoms with Crippen LogP contribution in [-0.4, -0.2) is 21.3 Å². The molecule has 2 heterocycles. The lowest BCUT2D eigenvalue weighted by Gasteiger charge is -2.20. The van der Waals surface area contributed by atoms with Gasteiger partial charge < -0.3 is 0 Å². The van der Waals surface area contributed by atoms with Crippen LogP contribution in [0.25, 0.3) is 0 Å². The first-order chi connectivity index (χ1) is 6.34. The highest BCUT2D eigenvalue weighted by molar-refractivity contribution is 9.10. The molecule has 0 bridgehead atoms. The fourth-order valence-electron chi connectivity index (χ4n) is 1.63. The average Bonchev–Trinajstić information content (AvgIpc) is 2.53. The molecule has 1 aromatic heterocycles. The van der Waals surface area contributed by atoms with Crippen molar-refractivity contribution >= 4 is 27.7 Å². The predicted octanol–water partition coefficient (Wildman–Crippen LogP) is 2.79. The molecule has 2 rings (SSSR count). The van der Waals surface area contributed by atoms with Crippen molar-refractivity contribution in [3.63, 3.8) is 0 Å². The summed E-state index contributed by atoms with van der Waals surface area (Å²) in [6.07, 6.45) is 4.75. The third-order valence-electron chi connectivity index (χ3n) is 2.39. The van der Waals surface area contributed by atoms with Crippen LogP contribution in [0, 0.1) is 5.92 Å². The Labute approximate surface area is 91.2 Å². The summed E-state index contributed by atoms with van der Waals surface area (Å²) in [5.74, 6) is 3.49. The van der Waals surface area contributed by atoms with Gasteiger partial charge in [0.25, 0.3) is 0 Å². The number of aromatic nitrogens is 2. The zero-order valence-electron chi connectivity index (χ0n) is 7.45. The highest BCUT2D eigenvalue weighted by Gasteiger charge is 2.14. The summed E-state index contributed by atoms with van der Waals surface area (Å²) in [5, 5.41) is 4.33. The zero-order valence-corrected chi connectivity index (χ0v) is 9.85. The molecule has 0 atom stereocenters. The van der Waals surface area contributed by atoms with Gasteiger partial charge in [0.2, 0.25) is 0 Å². The van der Waals surface area contributed by atoms with Crippen LogP contribution >= 0.6 is 27.7 Å². The van der Waals surface area contributed by atoms with Crippen LogP contribution in [0.3, 0.4) is 0 Å². The summed E-state index contributed by atoms with van der Waals surface area (Å²) in [6, 6.07) is 2.00. The summed E-state index contributed by atoms with van der Waals surface area (Å²) in [5.41, 5.74) is 0. The standard InChI is InChI=1S/C9H13BrN2S/c10-9-1-4-12(11-9)7-8-2-5-13-6-3-8/h1,4,8H,2-3,5-7H2. The minimum Gasteiger partial charge on any atom is -0.271 e. The van der Waals surface area contributed by atoms with Gasteiger partial charge in [0.1, 0.15) is 4.60 Å². The van der Waals surface area contributed by atoms with Crippen LogP contribution in [-0.2, 0) is 6.54 Å². The average molecular weight is 261 g/mol. The molecule has 0 aliphatic carbocycles. The normalized spacial score (nSPS) is 19.2. The van der Waals surface area contributed by atoms with Gasteiger partial charge in [0, 0.05) is 12.7 Å². The molecule has 1 aromatic rings. The molecule has 1 fully saturated rings. The predicted molar refractivity (Wildman–Crippen MR) is 60.0 cm³/mol. The third kappa shape index (κ3) is 2.74. The molecule has 1 aliphatic heterocycles. The van der Waals surface area contributed by atoms with Crippen molar-refractivity contribution in [3.05, 3.63) is 16.9 Å². The Morgan fingerprint density at radius 3 is 2.92 bits per heavy atom. The second-order valence-corrected chi connectivity index (χ2v) is 5.45. The van der Waals surface area contributed by atoms with Crippen LogP contribution in [0.15, 0.2) is 16.9 Å². The smallest absolute Gasteiger partial charge is 0.128 e. The molecule has 4 heteroatoms. The summed E-state index contributed by atoms with van der Waals surface area (Å²) >= 11 is 5.44. The fourth-order valence-corrected chi connectivity index (χ4v) is 3.16. The van der Waals surface area contributed by atoms with E-state index < -0.39 is 0 Å². The van der Waals surface area contributed by atoms with Crippen LogP contribution < -0.4 is 0 Å². The first kappa shape index (κ1) is 9.59. The van der Waals surface area contributed by atoms with E-state index in [2.05, 4.69) is 32.8 Å². The number of rotatable bonds is 2. The molecule has 0 saturated carbocycles. The zero-order chi connectivity index (χ0) is 9.10. The molecule has 2 nitrogen and oxygen atoms in total. The molecule has 72 valence electrons. The van der Waals surface area contributed by atoms with Gasteiger partial charge in [-0.25, -0.2) is 0 Å². The molecule has 0 radical (unpaired) electrons. The Morgan fingerprint density at radius 1 is 1.54 bits per heavy atom. The van der Waals surface area contributed by atoms with Crippen LogP contribution in [0.2, 0.25) is 0 Å². The van der Waals surface area contributed by atoms with Crippen LogP contribution in [0.1, 0.15) is 12.8 Å². The van der Waals surface area contributed by atoms with Gasteiger partial charge in [-0.15, -0.1) is 0 Å². The van der Waals surface area contributed by atoms with Gasteiger partial charge in [0.05, 0.1) is 0 Å². The Kier molecular flexibility index (Phi) is 3.33. The Bertz CT molecular complexity index is 268. The van der Waals surface area contributed by atoms with Gasteiger partial charge in [-0.3, -0.25) is 4.68 Å². The monoisotopic (exact) mass is 260 g/mol. The molecular weight excluding hydrogens is 248 g/mol. The van der Waals surface area contributed by atoms with E-state index >= 15 is 0 Å². The van der Waals surface area contributed by atoms with E-state index in [1.807, 2.05) is 16.9 Å². The van der Waals surface area contributed by atoms with Gasteiger partial charge >= 0.3 is 0 Å². The van der Waals surface area contributed by atoms with Crippen molar-refractivity contribution in [2.45, 2.75) is 19.4 Å². The molecule has 13 heavy (non-hydrogen) atoms. The molecule has 1 saturated heterocycles. The van der Waals surface area contributed by atoms with E-state index in [9.17, 15) is 0 Å². The minimum absolute atomic E-state index is 0.841. The minimum atomic E-state index is 0.841. The summed E-state index contributed by atoms with van der Waals surface area (Å²) in [4.78, 5) is 0. The van der Waals surface area contributed by atoms with E-state index in [-0.39, 0.29) is 0 Å². The van der Waals surface area contributed by atoms with Crippen LogP contribution in [0.4, 0.5) is 0 Å². The maximum atomic E-state index is 4.33. The third-order valence-corrected chi connectivity index (χ3v) is 3.87. The Hall–Kier alpha value is 0.0400. The Morgan fingerprint density at radius 2 is 2.31 bits per heavy atom. The van der Waals surface area contributed by atoms with Crippen molar-refractivity contribution in [3.8, 4) is 0 Å².